The van der Waals surface area contributed by atoms with Crippen LogP contribution in [0.3, 0.4) is 0 Å². The fourth-order valence-corrected chi connectivity index (χ4v) is 1.61. The van der Waals surface area contributed by atoms with E-state index in [9.17, 15) is 26.7 Å². The lowest BCUT2D eigenvalue weighted by Gasteiger charge is -2.13. The molecule has 0 fully saturated rings. The van der Waals surface area contributed by atoms with Gasteiger partial charge in [-0.3, -0.25) is 4.98 Å². The van der Waals surface area contributed by atoms with Gasteiger partial charge in [0, 0.05) is 0 Å². The summed E-state index contributed by atoms with van der Waals surface area (Å²) in [6.45, 7) is 0. The predicted molar refractivity (Wildman–Crippen MR) is 50.5 cm³/mol. The van der Waals surface area contributed by atoms with Crippen LogP contribution >= 0.6 is 15.9 Å². The Labute approximate surface area is 105 Å². The van der Waals surface area contributed by atoms with Crippen molar-refractivity contribution in [2.75, 3.05) is 0 Å². The van der Waals surface area contributed by atoms with E-state index >= 15 is 0 Å². The van der Waals surface area contributed by atoms with E-state index in [1.807, 2.05) is 0 Å². The number of pyridine rings is 1. The summed E-state index contributed by atoms with van der Waals surface area (Å²) < 4.78 is 63.4. The summed E-state index contributed by atoms with van der Waals surface area (Å²) in [4.78, 5) is 13.7. The second kappa shape index (κ2) is 5.04. The average molecular weight is 336 g/mol. The Morgan fingerprint density at radius 2 is 2.00 bits per heavy atom. The Morgan fingerprint density at radius 3 is 2.39 bits per heavy atom. The maximum atomic E-state index is 12.4. The number of halogens is 6. The second-order valence-electron chi connectivity index (χ2n) is 2.85. The number of carbonyl (C=O) groups is 1. The molecule has 1 aromatic rings. The SMILES string of the molecule is O=C(O)c1c(C(F)F)ncc(OC(F)(F)F)c1Br. The summed E-state index contributed by atoms with van der Waals surface area (Å²) in [6, 6.07) is 0. The van der Waals surface area contributed by atoms with Crippen molar-refractivity contribution < 1.29 is 36.6 Å². The van der Waals surface area contributed by atoms with Crippen LogP contribution in [-0.2, 0) is 0 Å². The summed E-state index contributed by atoms with van der Waals surface area (Å²) in [5, 5.41) is 8.68. The molecular formula is C8H3BrF5NO3. The van der Waals surface area contributed by atoms with Crippen molar-refractivity contribution >= 4 is 21.9 Å². The lowest BCUT2D eigenvalue weighted by molar-refractivity contribution is -0.275. The topological polar surface area (TPSA) is 59.4 Å². The van der Waals surface area contributed by atoms with Gasteiger partial charge in [-0.2, -0.15) is 0 Å². The molecule has 1 aromatic heterocycles. The molecule has 0 saturated carbocycles. The predicted octanol–water partition coefficient (Wildman–Crippen LogP) is 3.38. The minimum Gasteiger partial charge on any atom is -0.478 e. The Morgan fingerprint density at radius 1 is 1.44 bits per heavy atom. The van der Waals surface area contributed by atoms with E-state index in [1.54, 1.807) is 0 Å². The molecule has 1 heterocycles. The third-order valence-corrected chi connectivity index (χ3v) is 2.45. The quantitative estimate of drug-likeness (QED) is 0.860. The third kappa shape index (κ3) is 3.28. The normalized spacial score (nSPS) is 11.7. The summed E-state index contributed by atoms with van der Waals surface area (Å²) >= 11 is 2.47. The van der Waals surface area contributed by atoms with E-state index in [4.69, 9.17) is 5.11 Å². The van der Waals surface area contributed by atoms with Gasteiger partial charge in [-0.25, -0.2) is 13.6 Å². The number of aromatic carboxylic acids is 1. The molecule has 0 bridgehead atoms. The van der Waals surface area contributed by atoms with Crippen LogP contribution in [-0.4, -0.2) is 22.4 Å². The molecule has 1 rings (SSSR count). The molecule has 0 aliphatic rings. The standard InChI is InChI=1S/C8H3BrF5NO3/c9-4-2(18-8(12,13)14)1-15-5(6(10)11)3(4)7(16)17/h1,6H,(H,16,17). The maximum Gasteiger partial charge on any atom is 0.573 e. The van der Waals surface area contributed by atoms with E-state index in [0.717, 1.165) is 0 Å². The Bertz CT molecular complexity index is 477. The maximum absolute atomic E-state index is 12.4. The number of ether oxygens (including phenoxy) is 1. The molecule has 1 N–H and O–H groups in total. The van der Waals surface area contributed by atoms with E-state index in [2.05, 4.69) is 25.7 Å². The van der Waals surface area contributed by atoms with Crippen molar-refractivity contribution in [3.05, 3.63) is 21.9 Å². The number of nitrogens with zero attached hydrogens (tertiary/aromatic N) is 1. The fourth-order valence-electron chi connectivity index (χ4n) is 1.05. The number of rotatable bonds is 3. The smallest absolute Gasteiger partial charge is 0.478 e. The number of hydrogen-bond acceptors (Lipinski definition) is 3. The van der Waals surface area contributed by atoms with Gasteiger partial charge in [-0.1, -0.05) is 0 Å². The van der Waals surface area contributed by atoms with Gasteiger partial charge in [-0.15, -0.1) is 13.2 Å². The van der Waals surface area contributed by atoms with Crippen molar-refractivity contribution in [3.63, 3.8) is 0 Å². The van der Waals surface area contributed by atoms with Crippen LogP contribution in [0, 0.1) is 0 Å². The zero-order valence-electron chi connectivity index (χ0n) is 8.13. The van der Waals surface area contributed by atoms with Crippen molar-refractivity contribution in [2.45, 2.75) is 12.8 Å². The molecule has 0 atom stereocenters. The van der Waals surface area contributed by atoms with Gasteiger partial charge >= 0.3 is 12.3 Å². The first-order valence-corrected chi connectivity index (χ1v) is 4.88. The van der Waals surface area contributed by atoms with Crippen LogP contribution < -0.4 is 4.74 Å². The van der Waals surface area contributed by atoms with Gasteiger partial charge in [0.25, 0.3) is 6.43 Å². The first-order valence-electron chi connectivity index (χ1n) is 4.09. The van der Waals surface area contributed by atoms with Gasteiger partial charge in [0.1, 0.15) is 11.3 Å². The van der Waals surface area contributed by atoms with Gasteiger partial charge in [-0.05, 0) is 15.9 Å². The molecule has 0 spiro atoms. The van der Waals surface area contributed by atoms with Gasteiger partial charge in [0.2, 0.25) is 0 Å². The molecule has 0 aliphatic carbocycles. The molecular weight excluding hydrogens is 333 g/mol. The highest BCUT2D eigenvalue weighted by molar-refractivity contribution is 9.10. The van der Waals surface area contributed by atoms with Crippen molar-refractivity contribution in [3.8, 4) is 5.75 Å². The first kappa shape index (κ1) is 14.6. The van der Waals surface area contributed by atoms with Gasteiger partial charge in [0.15, 0.2) is 5.75 Å². The van der Waals surface area contributed by atoms with Crippen LogP contribution in [0.25, 0.3) is 0 Å². The summed E-state index contributed by atoms with van der Waals surface area (Å²) in [6.07, 6.45) is -7.97. The van der Waals surface area contributed by atoms with Crippen LogP contribution in [0.2, 0.25) is 0 Å². The Hall–Kier alpha value is -1.45. The van der Waals surface area contributed by atoms with Crippen molar-refractivity contribution in [2.24, 2.45) is 0 Å². The molecule has 0 radical (unpaired) electrons. The Kier molecular flexibility index (Phi) is 4.09. The van der Waals surface area contributed by atoms with Crippen LogP contribution in [0.4, 0.5) is 22.0 Å². The molecule has 0 amide bonds. The highest BCUT2D eigenvalue weighted by Gasteiger charge is 2.34. The van der Waals surface area contributed by atoms with Gasteiger partial charge < -0.3 is 9.84 Å². The molecule has 10 heteroatoms. The van der Waals surface area contributed by atoms with E-state index in [1.165, 1.54) is 0 Å². The van der Waals surface area contributed by atoms with E-state index in [0.29, 0.717) is 6.20 Å². The minimum absolute atomic E-state index is 0.367. The number of carboxylic acids is 1. The van der Waals surface area contributed by atoms with Crippen LogP contribution in [0.1, 0.15) is 22.5 Å². The second-order valence-corrected chi connectivity index (χ2v) is 3.64. The van der Waals surface area contributed by atoms with Crippen molar-refractivity contribution in [1.29, 1.82) is 0 Å². The molecule has 0 aromatic carbocycles. The molecule has 100 valence electrons. The third-order valence-electron chi connectivity index (χ3n) is 1.66. The van der Waals surface area contributed by atoms with Crippen molar-refractivity contribution in [1.82, 2.24) is 4.98 Å². The van der Waals surface area contributed by atoms with Crippen LogP contribution in [0.15, 0.2) is 10.7 Å². The highest BCUT2D eigenvalue weighted by atomic mass is 79.9. The Balaban J connectivity index is 3.35. The first-order chi connectivity index (χ1) is 8.13. The number of carboxylic acid groups (broad SMARTS) is 1. The summed E-state index contributed by atoms with van der Waals surface area (Å²) in [7, 11) is 0. The van der Waals surface area contributed by atoms with E-state index < -0.39 is 40.2 Å². The summed E-state index contributed by atoms with van der Waals surface area (Å²) in [5.74, 6) is -2.86. The largest absolute Gasteiger partial charge is 0.573 e. The molecule has 18 heavy (non-hydrogen) atoms. The molecule has 0 saturated heterocycles. The minimum atomic E-state index is -5.09. The lowest BCUT2D eigenvalue weighted by Crippen LogP contribution is -2.19. The number of alkyl halides is 5. The molecule has 0 unspecified atom stereocenters. The lowest BCUT2D eigenvalue weighted by atomic mass is 10.2. The average Bonchev–Trinajstić information content (AvgIpc) is 2.17. The van der Waals surface area contributed by atoms with Gasteiger partial charge in [0.05, 0.1) is 10.7 Å². The zero-order valence-corrected chi connectivity index (χ0v) is 9.72. The number of hydrogen-bond donors (Lipinski definition) is 1. The number of aromatic nitrogens is 1. The van der Waals surface area contributed by atoms with E-state index in [-0.39, 0.29) is 0 Å². The highest BCUT2D eigenvalue weighted by Crippen LogP contribution is 2.36. The molecule has 0 aliphatic heterocycles. The fraction of sp³-hybridized carbons (Fsp3) is 0.250. The zero-order chi connectivity index (χ0) is 14.1. The molecule has 4 nitrogen and oxygen atoms in total. The van der Waals surface area contributed by atoms with Crippen LogP contribution in [0.5, 0.6) is 5.75 Å². The summed E-state index contributed by atoms with van der Waals surface area (Å²) in [5.41, 5.74) is -2.23. The monoisotopic (exact) mass is 335 g/mol.